The number of amidine groups is 1. The quantitative estimate of drug-likeness (QED) is 0.849. The van der Waals surface area contributed by atoms with Gasteiger partial charge in [-0.25, -0.2) is 5.01 Å². The number of anilines is 1. The lowest BCUT2D eigenvalue weighted by Crippen LogP contribution is -2.35. The number of para-hydroxylation sites is 1. The number of ketones is 1. The van der Waals surface area contributed by atoms with Crippen LogP contribution in [0.4, 0.5) is 5.69 Å². The van der Waals surface area contributed by atoms with Gasteiger partial charge in [-0.2, -0.15) is 5.10 Å². The van der Waals surface area contributed by atoms with Gasteiger partial charge in [-0.05, 0) is 30.3 Å². The Morgan fingerprint density at radius 2 is 1.68 bits per heavy atom. The molecule has 25 heavy (non-hydrogen) atoms. The first kappa shape index (κ1) is 16.6. The first-order valence-corrected chi connectivity index (χ1v) is 7.77. The summed E-state index contributed by atoms with van der Waals surface area (Å²) in [4.78, 5) is 13.0. The van der Waals surface area contributed by atoms with Crippen molar-refractivity contribution in [3.05, 3.63) is 66.4 Å². The summed E-state index contributed by atoms with van der Waals surface area (Å²) < 4.78 is 10.6. The first-order valence-electron chi connectivity index (χ1n) is 7.77. The number of ether oxygens (including phenoxy) is 2. The van der Waals surface area contributed by atoms with E-state index in [1.165, 1.54) is 14.2 Å². The van der Waals surface area contributed by atoms with Gasteiger partial charge >= 0.3 is 0 Å². The van der Waals surface area contributed by atoms with E-state index in [2.05, 4.69) is 5.10 Å². The second kappa shape index (κ2) is 7.09. The highest BCUT2D eigenvalue weighted by molar-refractivity contribution is 6.15. The molecule has 0 bridgehead atoms. The lowest BCUT2D eigenvalue weighted by molar-refractivity contribution is 0.0965. The molecule has 0 saturated carbocycles. The normalized spacial score (nSPS) is 16.3. The summed E-state index contributed by atoms with van der Waals surface area (Å²) in [5, 5.41) is 5.97. The van der Waals surface area contributed by atoms with Crippen molar-refractivity contribution in [2.75, 3.05) is 19.2 Å². The Bertz CT molecular complexity index is 809. The second-order valence-corrected chi connectivity index (χ2v) is 5.43. The van der Waals surface area contributed by atoms with Crippen LogP contribution in [0.5, 0.6) is 11.5 Å². The van der Waals surface area contributed by atoms with Crippen molar-refractivity contribution in [1.82, 2.24) is 0 Å². The fourth-order valence-electron chi connectivity index (χ4n) is 2.68. The summed E-state index contributed by atoms with van der Waals surface area (Å²) in [5.74, 6) is 0.195. The minimum absolute atomic E-state index is 0.212. The highest BCUT2D eigenvalue weighted by Gasteiger charge is 2.29. The fraction of sp³-hybridized carbons (Fsp3) is 0.158. The maximum atomic E-state index is 13.0. The van der Waals surface area contributed by atoms with E-state index in [1.807, 2.05) is 30.3 Å². The van der Waals surface area contributed by atoms with Crippen molar-refractivity contribution in [2.45, 2.75) is 0 Å². The van der Waals surface area contributed by atoms with Crippen LogP contribution in [0.2, 0.25) is 0 Å². The summed E-state index contributed by atoms with van der Waals surface area (Å²) in [6.45, 7) is 0. The molecule has 0 fully saturated rings. The van der Waals surface area contributed by atoms with Gasteiger partial charge in [-0.15, -0.1) is 0 Å². The fourth-order valence-corrected chi connectivity index (χ4v) is 2.68. The summed E-state index contributed by atoms with van der Waals surface area (Å²) in [7, 11) is 3.02. The predicted molar refractivity (Wildman–Crippen MR) is 97.0 cm³/mol. The minimum Gasteiger partial charge on any atom is -0.496 e. The van der Waals surface area contributed by atoms with Gasteiger partial charge in [-0.1, -0.05) is 24.3 Å². The Morgan fingerprint density at radius 1 is 1.04 bits per heavy atom. The number of rotatable bonds is 5. The van der Waals surface area contributed by atoms with E-state index in [4.69, 9.17) is 15.2 Å². The van der Waals surface area contributed by atoms with E-state index >= 15 is 0 Å². The van der Waals surface area contributed by atoms with Gasteiger partial charge in [0.15, 0.2) is 5.78 Å². The molecule has 1 aliphatic rings. The van der Waals surface area contributed by atoms with Crippen LogP contribution in [0, 0.1) is 5.92 Å². The third-order valence-corrected chi connectivity index (χ3v) is 3.94. The summed E-state index contributed by atoms with van der Waals surface area (Å²) in [6, 6.07) is 14.7. The molecule has 0 aliphatic carbocycles. The summed E-state index contributed by atoms with van der Waals surface area (Å²) >= 11 is 0. The maximum Gasteiger partial charge on any atom is 0.184 e. The molecule has 1 heterocycles. The predicted octanol–water partition coefficient (Wildman–Crippen LogP) is 2.81. The molecule has 1 atom stereocenters. The maximum absolute atomic E-state index is 13.0. The number of nitrogens with zero attached hydrogens (tertiary/aromatic N) is 2. The van der Waals surface area contributed by atoms with Gasteiger partial charge < -0.3 is 15.2 Å². The van der Waals surface area contributed by atoms with Crippen LogP contribution in [-0.4, -0.2) is 25.8 Å². The van der Waals surface area contributed by atoms with E-state index in [1.54, 1.807) is 35.5 Å². The van der Waals surface area contributed by atoms with Gasteiger partial charge in [0.05, 0.1) is 19.9 Å². The van der Waals surface area contributed by atoms with E-state index in [0.717, 1.165) is 5.69 Å². The molecule has 1 unspecified atom stereocenters. The topological polar surface area (TPSA) is 77.2 Å². The lowest BCUT2D eigenvalue weighted by atomic mass is 9.94. The van der Waals surface area contributed by atoms with Gasteiger partial charge in [0.1, 0.15) is 28.8 Å². The largest absolute Gasteiger partial charge is 0.496 e. The van der Waals surface area contributed by atoms with E-state index in [9.17, 15) is 4.79 Å². The Labute approximate surface area is 146 Å². The minimum atomic E-state index is -0.676. The number of hydrogen-bond donors (Lipinski definition) is 1. The molecule has 0 spiro atoms. The van der Waals surface area contributed by atoms with Gasteiger partial charge in [0.2, 0.25) is 0 Å². The molecule has 6 heteroatoms. The Balaban J connectivity index is 1.92. The van der Waals surface area contributed by atoms with Gasteiger partial charge in [-0.3, -0.25) is 4.79 Å². The highest BCUT2D eigenvalue weighted by Crippen LogP contribution is 2.32. The van der Waals surface area contributed by atoms with Crippen molar-refractivity contribution < 1.29 is 14.3 Å². The van der Waals surface area contributed by atoms with E-state index in [-0.39, 0.29) is 11.6 Å². The monoisotopic (exact) mass is 337 g/mol. The molecular weight excluding hydrogens is 318 g/mol. The van der Waals surface area contributed by atoms with Gasteiger partial charge in [0.25, 0.3) is 0 Å². The molecule has 128 valence electrons. The van der Waals surface area contributed by atoms with Crippen LogP contribution in [0.1, 0.15) is 10.4 Å². The standard InChI is InChI=1S/C19H19N3O3/c1-24-15-9-6-10-16(25-2)17(15)18(23)14-11-12-22(21-19(14)20)13-7-4-3-5-8-13/h3-12,14H,1-2H3,(H2,20,21). The average Bonchev–Trinajstić information content (AvgIpc) is 2.67. The number of methoxy groups -OCH3 is 2. The number of carbonyl (C=O) groups is 1. The van der Waals surface area contributed by atoms with Crippen LogP contribution in [0.15, 0.2) is 65.9 Å². The third kappa shape index (κ3) is 3.19. The van der Waals surface area contributed by atoms with Crippen molar-refractivity contribution in [3.8, 4) is 11.5 Å². The lowest BCUT2D eigenvalue weighted by Gasteiger charge is -2.23. The molecular formula is C19H19N3O3. The number of hydrazone groups is 1. The number of hydrogen-bond acceptors (Lipinski definition) is 6. The van der Waals surface area contributed by atoms with Crippen molar-refractivity contribution in [1.29, 1.82) is 0 Å². The summed E-state index contributed by atoms with van der Waals surface area (Å²) in [5.41, 5.74) is 7.30. The molecule has 3 rings (SSSR count). The smallest absolute Gasteiger partial charge is 0.184 e. The van der Waals surface area contributed by atoms with Crippen molar-refractivity contribution in [2.24, 2.45) is 16.8 Å². The highest BCUT2D eigenvalue weighted by atomic mass is 16.5. The Hall–Kier alpha value is -3.28. The number of benzene rings is 2. The average molecular weight is 337 g/mol. The SMILES string of the molecule is COc1cccc(OC)c1C(=O)C1C=CN(c2ccccc2)N=C1N. The molecule has 2 aromatic carbocycles. The number of Topliss-reactive ketones (excluding diaryl/α,β-unsaturated/α-hetero) is 1. The van der Waals surface area contributed by atoms with E-state index < -0.39 is 5.92 Å². The van der Waals surface area contributed by atoms with Crippen molar-refractivity contribution in [3.63, 3.8) is 0 Å². The molecule has 2 aromatic rings. The second-order valence-electron chi connectivity index (χ2n) is 5.43. The van der Waals surface area contributed by atoms with Crippen LogP contribution >= 0.6 is 0 Å². The zero-order chi connectivity index (χ0) is 17.8. The van der Waals surface area contributed by atoms with Crippen LogP contribution < -0.4 is 20.2 Å². The van der Waals surface area contributed by atoms with Crippen molar-refractivity contribution >= 4 is 17.3 Å². The molecule has 1 aliphatic heterocycles. The van der Waals surface area contributed by atoms with E-state index in [0.29, 0.717) is 17.1 Å². The molecule has 0 amide bonds. The zero-order valence-electron chi connectivity index (χ0n) is 14.0. The Morgan fingerprint density at radius 3 is 2.24 bits per heavy atom. The molecule has 0 aromatic heterocycles. The number of carbonyl (C=O) groups excluding carboxylic acids is 1. The van der Waals surface area contributed by atoms with Crippen LogP contribution in [0.25, 0.3) is 0 Å². The van der Waals surface area contributed by atoms with Gasteiger partial charge in [0, 0.05) is 6.20 Å². The Kier molecular flexibility index (Phi) is 4.70. The summed E-state index contributed by atoms with van der Waals surface area (Å²) in [6.07, 6.45) is 3.46. The molecule has 0 saturated heterocycles. The molecule has 6 nitrogen and oxygen atoms in total. The third-order valence-electron chi connectivity index (χ3n) is 3.94. The van der Waals surface area contributed by atoms with Crippen LogP contribution in [0.3, 0.4) is 0 Å². The number of nitrogens with two attached hydrogens (primary N) is 1. The molecule has 2 N–H and O–H groups in total. The first-order chi connectivity index (χ1) is 12.2. The van der Waals surface area contributed by atoms with Crippen LogP contribution in [-0.2, 0) is 0 Å². The molecule has 0 radical (unpaired) electrons. The zero-order valence-corrected chi connectivity index (χ0v) is 14.0.